The van der Waals surface area contributed by atoms with Crippen molar-refractivity contribution in [3.8, 4) is 11.1 Å². The monoisotopic (exact) mass is 437 g/mol. The molecule has 3 rings (SSSR count). The summed E-state index contributed by atoms with van der Waals surface area (Å²) in [4.78, 5) is 17.0. The van der Waals surface area contributed by atoms with Crippen molar-refractivity contribution in [3.05, 3.63) is 53.6 Å². The van der Waals surface area contributed by atoms with Crippen molar-refractivity contribution in [2.75, 3.05) is 0 Å². The zero-order valence-corrected chi connectivity index (χ0v) is 20.5. The van der Waals surface area contributed by atoms with Gasteiger partial charge in [0.1, 0.15) is 6.61 Å². The highest BCUT2D eigenvalue weighted by molar-refractivity contribution is 6.62. The van der Waals surface area contributed by atoms with Gasteiger partial charge in [-0.1, -0.05) is 63.2 Å². The number of carbonyl (C=O) groups is 1. The van der Waals surface area contributed by atoms with Crippen LogP contribution in [0.2, 0.25) is 0 Å². The smallest absolute Gasteiger partial charge is 0.399 e. The first kappa shape index (κ1) is 24.5. The lowest BCUT2D eigenvalue weighted by atomic mass is 9.77. The largest absolute Gasteiger partial charge is 0.494 e. The Morgan fingerprint density at radius 2 is 1.66 bits per heavy atom. The van der Waals surface area contributed by atoms with Gasteiger partial charge in [0.15, 0.2) is 0 Å². The van der Waals surface area contributed by atoms with E-state index in [0.717, 1.165) is 28.6 Å². The highest BCUT2D eigenvalue weighted by atomic mass is 16.7. The number of benzene rings is 2. The van der Waals surface area contributed by atoms with Crippen LogP contribution in [0.4, 0.5) is 0 Å². The van der Waals surface area contributed by atoms with Crippen molar-refractivity contribution in [2.24, 2.45) is 5.92 Å². The van der Waals surface area contributed by atoms with Crippen LogP contribution in [0.1, 0.15) is 66.0 Å². The van der Waals surface area contributed by atoms with Crippen molar-refractivity contribution in [1.82, 2.24) is 5.48 Å². The summed E-state index contributed by atoms with van der Waals surface area (Å²) in [5.74, 6) is 0.470. The van der Waals surface area contributed by atoms with Crippen molar-refractivity contribution < 1.29 is 18.9 Å². The number of amides is 1. The zero-order chi connectivity index (χ0) is 23.5. The summed E-state index contributed by atoms with van der Waals surface area (Å²) in [5.41, 5.74) is 7.09. The number of carbonyl (C=O) groups excluding carboxylic acids is 1. The van der Waals surface area contributed by atoms with E-state index in [0.29, 0.717) is 12.3 Å². The van der Waals surface area contributed by atoms with Gasteiger partial charge in [-0.15, -0.1) is 0 Å². The van der Waals surface area contributed by atoms with Crippen LogP contribution in [-0.4, -0.2) is 24.2 Å². The number of hydrogen-bond acceptors (Lipinski definition) is 4. The molecule has 0 bridgehead atoms. The summed E-state index contributed by atoms with van der Waals surface area (Å²) < 4.78 is 12.5. The molecule has 0 aromatic heterocycles. The molecule has 1 saturated heterocycles. The molecule has 2 aromatic carbocycles. The minimum atomic E-state index is -0.436. The predicted octanol–water partition coefficient (Wildman–Crippen LogP) is 4.81. The summed E-state index contributed by atoms with van der Waals surface area (Å²) in [6.07, 6.45) is 1.43. The van der Waals surface area contributed by atoms with Gasteiger partial charge in [0.25, 0.3) is 0 Å². The third-order valence-corrected chi connectivity index (χ3v) is 6.30. The van der Waals surface area contributed by atoms with E-state index < -0.39 is 18.3 Å². The van der Waals surface area contributed by atoms with Crippen LogP contribution in [0.15, 0.2) is 42.5 Å². The van der Waals surface area contributed by atoms with Crippen LogP contribution in [-0.2, 0) is 32.0 Å². The third kappa shape index (κ3) is 5.61. The van der Waals surface area contributed by atoms with Gasteiger partial charge < -0.3 is 9.31 Å². The normalized spacial score (nSPS) is 17.1. The zero-order valence-electron chi connectivity index (χ0n) is 20.5. The molecule has 32 heavy (non-hydrogen) atoms. The fourth-order valence-corrected chi connectivity index (χ4v) is 3.67. The average Bonchev–Trinajstić information content (AvgIpc) is 2.95. The van der Waals surface area contributed by atoms with Crippen LogP contribution in [0.3, 0.4) is 0 Å². The van der Waals surface area contributed by atoms with E-state index in [1.54, 1.807) is 6.92 Å². The van der Waals surface area contributed by atoms with Crippen LogP contribution in [0.5, 0.6) is 0 Å². The van der Waals surface area contributed by atoms with Gasteiger partial charge in [0.2, 0.25) is 5.91 Å². The standard InChI is InChI=1S/C26H36BNO4/c1-8-24(29)28-30-17-21-13-14-22(27-31-25(4,5)26(6,7)32-27)16-23(21)20-11-9-19(10-12-20)15-18(2)3/h9-14,16,18H,8,15,17H2,1-7H3,(H,28,29). The summed E-state index contributed by atoms with van der Waals surface area (Å²) in [6.45, 7) is 14.7. The molecule has 1 heterocycles. The second-order valence-corrected chi connectivity index (χ2v) is 9.97. The number of hydroxylamine groups is 1. The quantitative estimate of drug-likeness (QED) is 0.476. The van der Waals surface area contributed by atoms with E-state index in [2.05, 4.69) is 77.4 Å². The van der Waals surface area contributed by atoms with Gasteiger partial charge in [-0.25, -0.2) is 5.48 Å². The van der Waals surface area contributed by atoms with E-state index in [1.165, 1.54) is 5.56 Å². The highest BCUT2D eigenvalue weighted by Crippen LogP contribution is 2.37. The molecule has 1 fully saturated rings. The Morgan fingerprint density at radius 3 is 2.22 bits per heavy atom. The van der Waals surface area contributed by atoms with Gasteiger partial charge in [0, 0.05) is 6.42 Å². The molecule has 1 aliphatic heterocycles. The molecule has 172 valence electrons. The number of nitrogens with one attached hydrogen (secondary N) is 1. The van der Waals surface area contributed by atoms with E-state index in [1.807, 2.05) is 12.1 Å². The van der Waals surface area contributed by atoms with Crippen molar-refractivity contribution in [3.63, 3.8) is 0 Å². The van der Waals surface area contributed by atoms with Crippen LogP contribution in [0, 0.1) is 5.92 Å². The molecule has 2 aromatic rings. The van der Waals surface area contributed by atoms with Gasteiger partial charge >= 0.3 is 7.12 Å². The molecule has 5 nitrogen and oxygen atoms in total. The van der Waals surface area contributed by atoms with E-state index in [4.69, 9.17) is 14.1 Å². The SMILES string of the molecule is CCC(=O)NOCc1ccc(B2OC(C)(C)C(C)(C)O2)cc1-c1ccc(CC(C)C)cc1. The minimum absolute atomic E-state index is 0.140. The molecule has 0 aliphatic carbocycles. The maximum absolute atomic E-state index is 11.6. The molecule has 1 aliphatic rings. The van der Waals surface area contributed by atoms with Gasteiger partial charge in [-0.3, -0.25) is 9.63 Å². The topological polar surface area (TPSA) is 56.8 Å². The van der Waals surface area contributed by atoms with Crippen molar-refractivity contribution >= 4 is 18.5 Å². The van der Waals surface area contributed by atoms with Gasteiger partial charge in [-0.2, -0.15) is 0 Å². The Bertz CT molecular complexity index is 921. The molecular weight excluding hydrogens is 401 g/mol. The summed E-state index contributed by atoms with van der Waals surface area (Å²) in [5, 5.41) is 0. The first-order valence-corrected chi connectivity index (χ1v) is 11.5. The lowest BCUT2D eigenvalue weighted by Gasteiger charge is -2.32. The molecule has 0 radical (unpaired) electrons. The van der Waals surface area contributed by atoms with E-state index in [9.17, 15) is 4.79 Å². The Hall–Kier alpha value is -2.15. The second-order valence-electron chi connectivity index (χ2n) is 9.97. The second kappa shape index (κ2) is 9.78. The molecular formula is C26H36BNO4. The first-order chi connectivity index (χ1) is 15.0. The maximum Gasteiger partial charge on any atom is 0.494 e. The first-order valence-electron chi connectivity index (χ1n) is 11.5. The summed E-state index contributed by atoms with van der Waals surface area (Å²) in [6, 6.07) is 14.8. The van der Waals surface area contributed by atoms with Gasteiger partial charge in [-0.05, 0) is 67.8 Å². The van der Waals surface area contributed by atoms with Crippen molar-refractivity contribution in [2.45, 2.75) is 79.1 Å². The Balaban J connectivity index is 1.91. The summed E-state index contributed by atoms with van der Waals surface area (Å²) in [7, 11) is -0.436. The molecule has 0 atom stereocenters. The third-order valence-electron chi connectivity index (χ3n) is 6.30. The van der Waals surface area contributed by atoms with Gasteiger partial charge in [0.05, 0.1) is 11.2 Å². The van der Waals surface area contributed by atoms with E-state index in [-0.39, 0.29) is 12.5 Å². The lowest BCUT2D eigenvalue weighted by molar-refractivity contribution is -0.134. The lowest BCUT2D eigenvalue weighted by Crippen LogP contribution is -2.41. The predicted molar refractivity (Wildman–Crippen MR) is 129 cm³/mol. The van der Waals surface area contributed by atoms with Crippen molar-refractivity contribution in [1.29, 1.82) is 0 Å². The number of hydrogen-bond donors (Lipinski definition) is 1. The van der Waals surface area contributed by atoms with E-state index >= 15 is 0 Å². The number of rotatable bonds is 8. The molecule has 0 unspecified atom stereocenters. The molecule has 6 heteroatoms. The highest BCUT2D eigenvalue weighted by Gasteiger charge is 2.51. The molecule has 0 spiro atoms. The summed E-state index contributed by atoms with van der Waals surface area (Å²) >= 11 is 0. The average molecular weight is 437 g/mol. The van der Waals surface area contributed by atoms with Crippen LogP contribution < -0.4 is 10.9 Å². The Morgan fingerprint density at radius 1 is 1.03 bits per heavy atom. The van der Waals surface area contributed by atoms with Crippen LogP contribution >= 0.6 is 0 Å². The maximum atomic E-state index is 11.6. The Kier molecular flexibility index (Phi) is 7.48. The van der Waals surface area contributed by atoms with Crippen LogP contribution in [0.25, 0.3) is 11.1 Å². The fraction of sp³-hybridized carbons (Fsp3) is 0.500. The molecule has 1 N–H and O–H groups in total. The molecule has 0 saturated carbocycles. The fourth-order valence-electron chi connectivity index (χ4n) is 3.67. The Labute approximate surface area is 192 Å². The molecule has 1 amide bonds. The minimum Gasteiger partial charge on any atom is -0.399 e.